The Bertz CT molecular complexity index is 336. The molecule has 1 saturated heterocycles. The first-order valence-electron chi connectivity index (χ1n) is 4.65. The molecule has 1 aromatic heterocycles. The summed E-state index contributed by atoms with van der Waals surface area (Å²) in [4.78, 5) is 1.13. The van der Waals surface area contributed by atoms with Crippen LogP contribution in [0.1, 0.15) is 16.5 Å². The normalized spacial score (nSPS) is 21.8. The molecule has 1 fully saturated rings. The van der Waals surface area contributed by atoms with Crippen LogP contribution in [0.25, 0.3) is 0 Å². The number of morpholine rings is 1. The van der Waals surface area contributed by atoms with Crippen LogP contribution in [0.5, 0.6) is 0 Å². The fourth-order valence-corrected chi connectivity index (χ4v) is 2.40. The third-order valence-electron chi connectivity index (χ3n) is 2.25. The summed E-state index contributed by atoms with van der Waals surface area (Å²) >= 11 is 1.65. The zero-order valence-electron chi connectivity index (χ0n) is 7.82. The number of hydrogen-bond acceptors (Lipinski definition) is 4. The van der Waals surface area contributed by atoms with Crippen LogP contribution >= 0.6 is 11.3 Å². The smallest absolute Gasteiger partial charge is 0.0695 e. The van der Waals surface area contributed by atoms with E-state index in [0.717, 1.165) is 24.6 Å². The molecule has 1 aliphatic rings. The van der Waals surface area contributed by atoms with Crippen LogP contribution in [0.2, 0.25) is 0 Å². The lowest BCUT2D eigenvalue weighted by atomic mass is 10.1. The van der Waals surface area contributed by atoms with Gasteiger partial charge >= 0.3 is 0 Å². The number of ether oxygens (including phenoxy) is 1. The minimum absolute atomic E-state index is 0.312. The first-order valence-corrected chi connectivity index (χ1v) is 5.53. The molecule has 0 radical (unpaired) electrons. The molecule has 0 aliphatic carbocycles. The maximum absolute atomic E-state index is 8.56. The molecule has 0 unspecified atom stereocenters. The van der Waals surface area contributed by atoms with Gasteiger partial charge < -0.3 is 10.1 Å². The summed E-state index contributed by atoms with van der Waals surface area (Å²) in [7, 11) is 0. The van der Waals surface area contributed by atoms with Crippen LogP contribution in [-0.2, 0) is 11.2 Å². The van der Waals surface area contributed by atoms with E-state index in [1.54, 1.807) is 11.3 Å². The standard InChI is InChI=1S/C10H12N2OS/c11-2-1-9-5-8(7-14-9)10-6-13-4-3-12-10/h5,7,10,12H,1,3-4,6H2/t10-/m1/s1. The molecule has 1 N–H and O–H groups in total. The summed E-state index contributed by atoms with van der Waals surface area (Å²) in [5.41, 5.74) is 1.25. The van der Waals surface area contributed by atoms with Gasteiger partial charge in [0, 0.05) is 11.4 Å². The second-order valence-corrected chi connectivity index (χ2v) is 4.26. The van der Waals surface area contributed by atoms with Crippen molar-refractivity contribution in [3.05, 3.63) is 21.9 Å². The highest BCUT2D eigenvalue weighted by Crippen LogP contribution is 2.22. The lowest BCUT2D eigenvalue weighted by molar-refractivity contribution is 0.0770. The fourth-order valence-electron chi connectivity index (χ4n) is 1.53. The first-order chi connectivity index (χ1) is 6.90. The topological polar surface area (TPSA) is 45.0 Å². The predicted octanol–water partition coefficient (Wildman–Crippen LogP) is 1.48. The van der Waals surface area contributed by atoms with Crippen LogP contribution in [0.3, 0.4) is 0 Å². The molecule has 0 amide bonds. The predicted molar refractivity (Wildman–Crippen MR) is 55.2 cm³/mol. The molecule has 1 aromatic rings. The average molecular weight is 208 g/mol. The van der Waals surface area contributed by atoms with Crippen molar-refractivity contribution in [2.24, 2.45) is 0 Å². The van der Waals surface area contributed by atoms with E-state index in [1.165, 1.54) is 5.56 Å². The number of rotatable bonds is 2. The Labute approximate surface area is 87.3 Å². The summed E-state index contributed by atoms with van der Waals surface area (Å²) in [5.74, 6) is 0. The van der Waals surface area contributed by atoms with Crippen molar-refractivity contribution in [1.29, 1.82) is 5.26 Å². The SMILES string of the molecule is N#CCc1cc([C@H]2COCCN2)cs1. The van der Waals surface area contributed by atoms with Crippen LogP contribution in [0.4, 0.5) is 0 Å². The van der Waals surface area contributed by atoms with Gasteiger partial charge in [0.15, 0.2) is 0 Å². The summed E-state index contributed by atoms with van der Waals surface area (Å²) < 4.78 is 5.38. The van der Waals surface area contributed by atoms with Gasteiger partial charge in [-0.3, -0.25) is 0 Å². The minimum Gasteiger partial charge on any atom is -0.378 e. The van der Waals surface area contributed by atoms with Crippen molar-refractivity contribution in [2.45, 2.75) is 12.5 Å². The molecule has 14 heavy (non-hydrogen) atoms. The van der Waals surface area contributed by atoms with Gasteiger partial charge in [-0.05, 0) is 17.0 Å². The highest BCUT2D eigenvalue weighted by molar-refractivity contribution is 7.10. The van der Waals surface area contributed by atoms with Crippen LogP contribution in [0, 0.1) is 11.3 Å². The largest absolute Gasteiger partial charge is 0.378 e. The van der Waals surface area contributed by atoms with Crippen molar-refractivity contribution in [3.63, 3.8) is 0 Å². The van der Waals surface area contributed by atoms with Gasteiger partial charge in [-0.1, -0.05) is 0 Å². The Hall–Kier alpha value is -0.890. The Balaban J connectivity index is 2.04. The fraction of sp³-hybridized carbons (Fsp3) is 0.500. The lowest BCUT2D eigenvalue weighted by Crippen LogP contribution is -2.34. The van der Waals surface area contributed by atoms with Crippen molar-refractivity contribution in [1.82, 2.24) is 5.32 Å². The van der Waals surface area contributed by atoms with E-state index >= 15 is 0 Å². The molecule has 74 valence electrons. The molecule has 0 aromatic carbocycles. The molecule has 2 heterocycles. The van der Waals surface area contributed by atoms with Gasteiger partial charge in [0.2, 0.25) is 0 Å². The maximum Gasteiger partial charge on any atom is 0.0695 e. The summed E-state index contributed by atoms with van der Waals surface area (Å²) in [6.45, 7) is 2.45. The second-order valence-electron chi connectivity index (χ2n) is 3.26. The number of thiophene rings is 1. The highest BCUT2D eigenvalue weighted by Gasteiger charge is 2.16. The molecule has 4 heteroatoms. The van der Waals surface area contributed by atoms with Crippen LogP contribution in [0.15, 0.2) is 11.4 Å². The van der Waals surface area contributed by atoms with Gasteiger partial charge in [0.1, 0.15) is 0 Å². The Morgan fingerprint density at radius 3 is 3.36 bits per heavy atom. The van der Waals surface area contributed by atoms with Gasteiger partial charge in [-0.15, -0.1) is 11.3 Å². The molecule has 0 spiro atoms. The van der Waals surface area contributed by atoms with Crippen molar-refractivity contribution >= 4 is 11.3 Å². The number of nitriles is 1. The molecular formula is C10H12N2OS. The summed E-state index contributed by atoms with van der Waals surface area (Å²) in [6, 6.07) is 4.57. The first kappa shape index (κ1) is 9.66. The molecule has 1 atom stereocenters. The number of nitrogens with zero attached hydrogens (tertiary/aromatic N) is 1. The quantitative estimate of drug-likeness (QED) is 0.800. The van der Waals surface area contributed by atoms with Crippen LogP contribution in [-0.4, -0.2) is 19.8 Å². The third kappa shape index (κ3) is 2.13. The molecule has 3 nitrogen and oxygen atoms in total. The zero-order valence-corrected chi connectivity index (χ0v) is 8.64. The second kappa shape index (κ2) is 4.56. The third-order valence-corrected chi connectivity index (χ3v) is 3.21. The van der Waals surface area contributed by atoms with Gasteiger partial charge in [-0.2, -0.15) is 5.26 Å². The van der Waals surface area contributed by atoms with Crippen molar-refractivity contribution < 1.29 is 4.74 Å². The van der Waals surface area contributed by atoms with E-state index in [9.17, 15) is 0 Å². The van der Waals surface area contributed by atoms with E-state index in [0.29, 0.717) is 12.5 Å². The molecule has 0 bridgehead atoms. The monoisotopic (exact) mass is 208 g/mol. The minimum atomic E-state index is 0.312. The Kier molecular flexibility index (Phi) is 3.14. The zero-order chi connectivity index (χ0) is 9.80. The maximum atomic E-state index is 8.56. The molecule has 1 aliphatic heterocycles. The molecule has 2 rings (SSSR count). The Morgan fingerprint density at radius 2 is 2.64 bits per heavy atom. The van der Waals surface area contributed by atoms with E-state index in [2.05, 4.69) is 22.8 Å². The van der Waals surface area contributed by atoms with Gasteiger partial charge in [-0.25, -0.2) is 0 Å². The number of hydrogen-bond donors (Lipinski definition) is 1. The van der Waals surface area contributed by atoms with Gasteiger partial charge in [0.05, 0.1) is 31.7 Å². The summed E-state index contributed by atoms with van der Waals surface area (Å²) in [5, 5.41) is 14.1. The average Bonchev–Trinajstić information content (AvgIpc) is 2.68. The Morgan fingerprint density at radius 1 is 1.71 bits per heavy atom. The molecule has 0 saturated carbocycles. The van der Waals surface area contributed by atoms with Crippen LogP contribution < -0.4 is 5.32 Å². The van der Waals surface area contributed by atoms with Crippen molar-refractivity contribution in [2.75, 3.05) is 19.8 Å². The summed E-state index contributed by atoms with van der Waals surface area (Å²) in [6.07, 6.45) is 0.512. The van der Waals surface area contributed by atoms with E-state index in [4.69, 9.17) is 10.00 Å². The van der Waals surface area contributed by atoms with E-state index < -0.39 is 0 Å². The lowest BCUT2D eigenvalue weighted by Gasteiger charge is -2.22. The van der Waals surface area contributed by atoms with E-state index in [-0.39, 0.29) is 0 Å². The number of nitrogens with one attached hydrogen (secondary N) is 1. The van der Waals surface area contributed by atoms with Gasteiger partial charge in [0.25, 0.3) is 0 Å². The van der Waals surface area contributed by atoms with E-state index in [1.807, 2.05) is 0 Å². The highest BCUT2D eigenvalue weighted by atomic mass is 32.1. The van der Waals surface area contributed by atoms with Crippen molar-refractivity contribution in [3.8, 4) is 6.07 Å². The molecular weight excluding hydrogens is 196 g/mol.